The molecule has 0 aliphatic heterocycles. The maximum Gasteiger partial charge on any atom is 0.305 e. The van der Waals surface area contributed by atoms with E-state index in [1.807, 2.05) is 32.9 Å². The highest BCUT2D eigenvalue weighted by atomic mass is 16.4. The molecule has 0 bridgehead atoms. The third kappa shape index (κ3) is 3.56. The van der Waals surface area contributed by atoms with Gasteiger partial charge in [0.05, 0.1) is 12.5 Å². The number of nitrogens with two attached hydrogens (primary N) is 1. The normalized spacial score (nSPS) is 12.0. The van der Waals surface area contributed by atoms with Crippen molar-refractivity contribution in [2.24, 2.45) is 5.73 Å². The van der Waals surface area contributed by atoms with E-state index in [0.717, 1.165) is 16.7 Å². The van der Waals surface area contributed by atoms with Crippen LogP contribution in [0.5, 0.6) is 0 Å². The Morgan fingerprint density at radius 1 is 1.22 bits per heavy atom. The highest BCUT2D eigenvalue weighted by molar-refractivity contribution is 5.97. The van der Waals surface area contributed by atoms with Gasteiger partial charge < -0.3 is 16.2 Å². The lowest BCUT2D eigenvalue weighted by Gasteiger charge is -2.14. The summed E-state index contributed by atoms with van der Waals surface area (Å²) in [6, 6.07) is 2.78. The molecule has 1 rings (SSSR count). The number of hydrogen-bond acceptors (Lipinski definition) is 3. The summed E-state index contributed by atoms with van der Waals surface area (Å²) in [6.45, 7) is 5.82. The summed E-state index contributed by atoms with van der Waals surface area (Å²) in [5, 5.41) is 11.2. The fourth-order valence-corrected chi connectivity index (χ4v) is 1.60. The number of aliphatic carboxylic acids is 1. The zero-order chi connectivity index (χ0) is 13.9. The molecule has 0 aliphatic rings. The van der Waals surface area contributed by atoms with Gasteiger partial charge in [-0.1, -0.05) is 6.07 Å². The quantitative estimate of drug-likeness (QED) is 0.752. The highest BCUT2D eigenvalue weighted by Crippen LogP contribution is 2.20. The number of nitrogens with one attached hydrogen (secondary N) is 1. The second kappa shape index (κ2) is 5.64. The molecule has 0 saturated heterocycles. The second-order valence-corrected chi connectivity index (χ2v) is 4.44. The Labute approximate surface area is 106 Å². The van der Waals surface area contributed by atoms with Crippen molar-refractivity contribution >= 4 is 17.6 Å². The predicted molar refractivity (Wildman–Crippen MR) is 69.5 cm³/mol. The summed E-state index contributed by atoms with van der Waals surface area (Å²) in [6.07, 6.45) is -0.379. The molecule has 1 aromatic rings. The van der Waals surface area contributed by atoms with Crippen LogP contribution >= 0.6 is 0 Å². The first kappa shape index (κ1) is 14.2. The van der Waals surface area contributed by atoms with Crippen LogP contribution in [0.2, 0.25) is 0 Å². The van der Waals surface area contributed by atoms with E-state index in [4.69, 9.17) is 10.8 Å². The lowest BCUT2D eigenvalue weighted by Crippen LogP contribution is -2.37. The van der Waals surface area contributed by atoms with Crippen molar-refractivity contribution in [3.63, 3.8) is 0 Å². The van der Waals surface area contributed by atoms with Gasteiger partial charge in [-0.15, -0.1) is 0 Å². The van der Waals surface area contributed by atoms with Crippen molar-refractivity contribution in [3.8, 4) is 0 Å². The van der Waals surface area contributed by atoms with Gasteiger partial charge in [0, 0.05) is 5.69 Å². The van der Waals surface area contributed by atoms with E-state index in [1.165, 1.54) is 0 Å². The Hall–Kier alpha value is -1.88. The molecule has 0 radical (unpaired) electrons. The number of carboxylic acids is 1. The van der Waals surface area contributed by atoms with Crippen molar-refractivity contribution in [1.29, 1.82) is 0 Å². The Bertz CT molecular complexity index is 483. The van der Waals surface area contributed by atoms with E-state index in [2.05, 4.69) is 5.32 Å². The molecule has 4 N–H and O–H groups in total. The number of anilines is 1. The molecule has 0 fully saturated rings. The number of aryl methyl sites for hydroxylation is 3. The monoisotopic (exact) mass is 250 g/mol. The standard InChI is InChI=1S/C13H18N2O3/c1-7-4-9(3)11(5-8(7)2)15-13(18)10(14)6-12(16)17/h4-5,10H,6,14H2,1-3H3,(H,15,18)(H,16,17). The summed E-state index contributed by atoms with van der Waals surface area (Å²) in [5.41, 5.74) is 9.28. The predicted octanol–water partition coefficient (Wildman–Crippen LogP) is 1.35. The van der Waals surface area contributed by atoms with Crippen molar-refractivity contribution in [1.82, 2.24) is 0 Å². The van der Waals surface area contributed by atoms with Crippen molar-refractivity contribution in [3.05, 3.63) is 28.8 Å². The smallest absolute Gasteiger partial charge is 0.305 e. The fourth-order valence-electron chi connectivity index (χ4n) is 1.60. The van der Waals surface area contributed by atoms with E-state index in [-0.39, 0.29) is 6.42 Å². The van der Waals surface area contributed by atoms with Gasteiger partial charge in [-0.3, -0.25) is 9.59 Å². The van der Waals surface area contributed by atoms with E-state index in [9.17, 15) is 9.59 Å². The molecule has 1 atom stereocenters. The molecular weight excluding hydrogens is 232 g/mol. The average molecular weight is 250 g/mol. The number of benzene rings is 1. The minimum Gasteiger partial charge on any atom is -0.481 e. The molecule has 1 amide bonds. The van der Waals surface area contributed by atoms with E-state index in [0.29, 0.717) is 5.69 Å². The lowest BCUT2D eigenvalue weighted by molar-refractivity contribution is -0.138. The van der Waals surface area contributed by atoms with Crippen LogP contribution in [0.4, 0.5) is 5.69 Å². The molecule has 5 heteroatoms. The zero-order valence-electron chi connectivity index (χ0n) is 10.8. The van der Waals surface area contributed by atoms with Gasteiger partial charge >= 0.3 is 5.97 Å². The number of carbonyl (C=O) groups excluding carboxylic acids is 1. The third-order valence-corrected chi connectivity index (χ3v) is 2.83. The number of rotatable bonds is 4. The van der Waals surface area contributed by atoms with Crippen LogP contribution in [0, 0.1) is 20.8 Å². The molecule has 0 heterocycles. The highest BCUT2D eigenvalue weighted by Gasteiger charge is 2.17. The van der Waals surface area contributed by atoms with Crippen LogP contribution in [0.1, 0.15) is 23.1 Å². The van der Waals surface area contributed by atoms with Crippen molar-refractivity contribution in [2.75, 3.05) is 5.32 Å². The SMILES string of the molecule is Cc1cc(C)c(NC(=O)C(N)CC(=O)O)cc1C. The molecule has 1 aromatic carbocycles. The third-order valence-electron chi connectivity index (χ3n) is 2.83. The molecule has 1 unspecified atom stereocenters. The zero-order valence-corrected chi connectivity index (χ0v) is 10.8. The maximum atomic E-state index is 11.7. The van der Waals surface area contributed by atoms with Crippen LogP contribution in [-0.2, 0) is 9.59 Å². The van der Waals surface area contributed by atoms with Gasteiger partial charge in [-0.2, -0.15) is 0 Å². The number of hydrogen-bond donors (Lipinski definition) is 3. The Morgan fingerprint density at radius 2 is 1.78 bits per heavy atom. The lowest BCUT2D eigenvalue weighted by atomic mass is 10.0. The topological polar surface area (TPSA) is 92.4 Å². The van der Waals surface area contributed by atoms with Crippen LogP contribution in [0.25, 0.3) is 0 Å². The molecule has 0 aliphatic carbocycles. The Morgan fingerprint density at radius 3 is 2.33 bits per heavy atom. The van der Waals surface area contributed by atoms with Gasteiger partial charge in [0.25, 0.3) is 0 Å². The largest absolute Gasteiger partial charge is 0.481 e. The summed E-state index contributed by atoms with van der Waals surface area (Å²) in [5.74, 6) is -1.57. The number of carboxylic acid groups (broad SMARTS) is 1. The summed E-state index contributed by atoms with van der Waals surface area (Å²) < 4.78 is 0. The van der Waals surface area contributed by atoms with Crippen LogP contribution in [0.15, 0.2) is 12.1 Å². The summed E-state index contributed by atoms with van der Waals surface area (Å²) >= 11 is 0. The van der Waals surface area contributed by atoms with Crippen LogP contribution in [-0.4, -0.2) is 23.0 Å². The first-order chi connectivity index (χ1) is 8.31. The number of amides is 1. The van der Waals surface area contributed by atoms with Gasteiger partial charge in [-0.05, 0) is 43.5 Å². The molecule has 18 heavy (non-hydrogen) atoms. The summed E-state index contributed by atoms with van der Waals surface area (Å²) in [7, 11) is 0. The van der Waals surface area contributed by atoms with Gasteiger partial charge in [0.15, 0.2) is 0 Å². The minimum atomic E-state index is -1.09. The van der Waals surface area contributed by atoms with E-state index in [1.54, 1.807) is 0 Å². The molecule has 5 nitrogen and oxygen atoms in total. The molecular formula is C13H18N2O3. The Kier molecular flexibility index (Phi) is 4.44. The molecule has 0 spiro atoms. The average Bonchev–Trinajstić information content (AvgIpc) is 2.24. The molecule has 0 aromatic heterocycles. The first-order valence-corrected chi connectivity index (χ1v) is 5.67. The minimum absolute atomic E-state index is 0.379. The Balaban J connectivity index is 2.82. The van der Waals surface area contributed by atoms with Crippen molar-refractivity contribution in [2.45, 2.75) is 33.2 Å². The van der Waals surface area contributed by atoms with Gasteiger partial charge in [-0.25, -0.2) is 0 Å². The van der Waals surface area contributed by atoms with Crippen LogP contribution < -0.4 is 11.1 Å². The van der Waals surface area contributed by atoms with Gasteiger partial charge in [0.1, 0.15) is 0 Å². The molecule has 0 saturated carbocycles. The van der Waals surface area contributed by atoms with Gasteiger partial charge in [0.2, 0.25) is 5.91 Å². The van der Waals surface area contributed by atoms with Crippen molar-refractivity contribution < 1.29 is 14.7 Å². The maximum absolute atomic E-state index is 11.7. The molecule has 98 valence electrons. The van der Waals surface area contributed by atoms with E-state index < -0.39 is 17.9 Å². The van der Waals surface area contributed by atoms with E-state index >= 15 is 0 Å². The fraction of sp³-hybridized carbons (Fsp3) is 0.385. The summed E-state index contributed by atoms with van der Waals surface area (Å²) in [4.78, 5) is 22.2. The first-order valence-electron chi connectivity index (χ1n) is 5.67. The van der Waals surface area contributed by atoms with Crippen LogP contribution in [0.3, 0.4) is 0 Å². The second-order valence-electron chi connectivity index (χ2n) is 4.44. The number of carbonyl (C=O) groups is 2.